The number of anilines is 1. The number of nitrogens with zero attached hydrogens (tertiary/aromatic N) is 4. The van der Waals surface area contributed by atoms with Gasteiger partial charge in [-0.05, 0) is 36.8 Å². The second-order valence-corrected chi connectivity index (χ2v) is 6.76. The smallest absolute Gasteiger partial charge is 0.253 e. The molecule has 1 unspecified atom stereocenters. The molecule has 1 aliphatic heterocycles. The Labute approximate surface area is 164 Å². The van der Waals surface area contributed by atoms with Gasteiger partial charge in [-0.25, -0.2) is 9.97 Å². The molecule has 1 amide bonds. The molecule has 28 heavy (non-hydrogen) atoms. The summed E-state index contributed by atoms with van der Waals surface area (Å²) in [5.74, 6) is 0.746. The van der Waals surface area contributed by atoms with E-state index in [-0.39, 0.29) is 11.9 Å². The van der Waals surface area contributed by atoms with E-state index < -0.39 is 0 Å². The lowest BCUT2D eigenvalue weighted by Gasteiger charge is -2.27. The van der Waals surface area contributed by atoms with Gasteiger partial charge in [0.25, 0.3) is 5.91 Å². The minimum absolute atomic E-state index is 0.108. The molecule has 3 aromatic rings. The van der Waals surface area contributed by atoms with Gasteiger partial charge < -0.3 is 19.5 Å². The van der Waals surface area contributed by atoms with E-state index in [9.17, 15) is 4.79 Å². The van der Waals surface area contributed by atoms with Crippen molar-refractivity contribution in [2.75, 3.05) is 31.2 Å². The maximum absolute atomic E-state index is 12.6. The number of benzene rings is 1. The second-order valence-electron chi connectivity index (χ2n) is 6.76. The maximum atomic E-state index is 12.6. The number of imidazole rings is 1. The SMILES string of the molecule is CC(NC(=O)c1ccc(N2CCOCC2)nc1)c1ccc(-n2ccnc2)cc1. The Kier molecular flexibility index (Phi) is 5.34. The Morgan fingerprint density at radius 1 is 1.14 bits per heavy atom. The minimum Gasteiger partial charge on any atom is -0.378 e. The number of rotatable bonds is 5. The lowest BCUT2D eigenvalue weighted by molar-refractivity contribution is 0.0939. The van der Waals surface area contributed by atoms with Crippen LogP contribution in [0.2, 0.25) is 0 Å². The average Bonchev–Trinajstić information content (AvgIpc) is 3.29. The van der Waals surface area contributed by atoms with Crippen LogP contribution >= 0.6 is 0 Å². The van der Waals surface area contributed by atoms with Crippen molar-refractivity contribution in [2.24, 2.45) is 0 Å². The first-order chi connectivity index (χ1) is 13.7. The van der Waals surface area contributed by atoms with Gasteiger partial charge in [0.1, 0.15) is 5.82 Å². The van der Waals surface area contributed by atoms with E-state index in [1.54, 1.807) is 18.7 Å². The van der Waals surface area contributed by atoms with Crippen molar-refractivity contribution in [3.05, 3.63) is 72.4 Å². The number of carbonyl (C=O) groups is 1. The van der Waals surface area contributed by atoms with Crippen LogP contribution in [0.1, 0.15) is 28.9 Å². The van der Waals surface area contributed by atoms with E-state index in [0.29, 0.717) is 18.8 Å². The predicted octanol–water partition coefficient (Wildman–Crippen LogP) is 2.59. The summed E-state index contributed by atoms with van der Waals surface area (Å²) >= 11 is 0. The van der Waals surface area contributed by atoms with E-state index in [1.165, 1.54) is 0 Å². The molecule has 2 aromatic heterocycles. The maximum Gasteiger partial charge on any atom is 0.253 e. The largest absolute Gasteiger partial charge is 0.378 e. The summed E-state index contributed by atoms with van der Waals surface area (Å²) in [5, 5.41) is 3.03. The van der Waals surface area contributed by atoms with E-state index >= 15 is 0 Å². The van der Waals surface area contributed by atoms with Crippen LogP contribution in [0, 0.1) is 0 Å². The standard InChI is InChI=1S/C21H23N5O2/c1-16(17-2-5-19(6-3-17)26-9-8-22-15-26)24-21(27)18-4-7-20(23-14-18)25-10-12-28-13-11-25/h2-9,14-16H,10-13H2,1H3,(H,24,27). The second kappa shape index (κ2) is 8.22. The molecule has 0 aliphatic carbocycles. The first-order valence-corrected chi connectivity index (χ1v) is 9.38. The van der Waals surface area contributed by atoms with Gasteiger partial charge in [0.15, 0.2) is 0 Å². The van der Waals surface area contributed by atoms with Crippen LogP contribution in [0.25, 0.3) is 5.69 Å². The number of nitrogens with one attached hydrogen (secondary N) is 1. The molecule has 144 valence electrons. The highest BCUT2D eigenvalue weighted by atomic mass is 16.5. The zero-order chi connectivity index (χ0) is 19.3. The van der Waals surface area contributed by atoms with Crippen molar-refractivity contribution >= 4 is 11.7 Å². The molecule has 0 saturated carbocycles. The lowest BCUT2D eigenvalue weighted by atomic mass is 10.1. The average molecular weight is 377 g/mol. The third kappa shape index (κ3) is 4.04. The van der Waals surface area contributed by atoms with E-state index in [1.807, 2.05) is 54.1 Å². The van der Waals surface area contributed by atoms with Crippen LogP contribution < -0.4 is 10.2 Å². The quantitative estimate of drug-likeness (QED) is 0.740. The Balaban J connectivity index is 1.38. The molecule has 0 radical (unpaired) electrons. The molecule has 3 heterocycles. The third-order valence-corrected chi connectivity index (χ3v) is 4.89. The third-order valence-electron chi connectivity index (χ3n) is 4.89. The fourth-order valence-electron chi connectivity index (χ4n) is 3.21. The predicted molar refractivity (Wildman–Crippen MR) is 107 cm³/mol. The number of hydrogen-bond donors (Lipinski definition) is 1. The van der Waals surface area contributed by atoms with Crippen LogP contribution in [0.15, 0.2) is 61.3 Å². The molecule has 1 aliphatic rings. The molecule has 1 saturated heterocycles. The fraction of sp³-hybridized carbons (Fsp3) is 0.286. The molecule has 1 atom stereocenters. The Bertz CT molecular complexity index is 901. The molecule has 0 spiro atoms. The van der Waals surface area contributed by atoms with Gasteiger partial charge in [-0.2, -0.15) is 0 Å². The molecule has 0 bridgehead atoms. The highest BCUT2D eigenvalue weighted by molar-refractivity contribution is 5.94. The highest BCUT2D eigenvalue weighted by Gasteiger charge is 2.15. The number of morpholine rings is 1. The van der Waals surface area contributed by atoms with Gasteiger partial charge in [0.2, 0.25) is 0 Å². The Hall–Kier alpha value is -3.19. The van der Waals surface area contributed by atoms with Crippen molar-refractivity contribution in [1.29, 1.82) is 0 Å². The van der Waals surface area contributed by atoms with Crippen LogP contribution in [-0.2, 0) is 4.74 Å². The van der Waals surface area contributed by atoms with Crippen molar-refractivity contribution in [3.8, 4) is 5.69 Å². The number of hydrogen-bond acceptors (Lipinski definition) is 5. The summed E-state index contributed by atoms with van der Waals surface area (Å²) in [6.45, 7) is 5.04. The summed E-state index contributed by atoms with van der Waals surface area (Å²) in [6.07, 6.45) is 7.03. The zero-order valence-corrected chi connectivity index (χ0v) is 15.8. The van der Waals surface area contributed by atoms with Gasteiger partial charge >= 0.3 is 0 Å². The number of carbonyl (C=O) groups excluding carboxylic acids is 1. The normalized spacial score (nSPS) is 15.2. The van der Waals surface area contributed by atoms with Gasteiger partial charge in [-0.3, -0.25) is 4.79 Å². The van der Waals surface area contributed by atoms with Gasteiger partial charge in [-0.15, -0.1) is 0 Å². The number of amides is 1. The molecule has 1 aromatic carbocycles. The first-order valence-electron chi connectivity index (χ1n) is 9.38. The van der Waals surface area contributed by atoms with E-state index in [0.717, 1.165) is 30.2 Å². The zero-order valence-electron chi connectivity index (χ0n) is 15.8. The molecule has 7 heteroatoms. The number of pyridine rings is 1. The monoisotopic (exact) mass is 377 g/mol. The molecular formula is C21H23N5O2. The van der Waals surface area contributed by atoms with Crippen molar-refractivity contribution in [1.82, 2.24) is 19.9 Å². The number of ether oxygens (including phenoxy) is 1. The minimum atomic E-state index is -0.132. The first kappa shape index (κ1) is 18.2. The summed E-state index contributed by atoms with van der Waals surface area (Å²) in [5.41, 5.74) is 2.62. The van der Waals surface area contributed by atoms with Crippen LogP contribution in [0.4, 0.5) is 5.82 Å². The molecular weight excluding hydrogens is 354 g/mol. The van der Waals surface area contributed by atoms with Crippen molar-refractivity contribution in [2.45, 2.75) is 13.0 Å². The van der Waals surface area contributed by atoms with Crippen molar-refractivity contribution in [3.63, 3.8) is 0 Å². The van der Waals surface area contributed by atoms with Crippen LogP contribution in [-0.4, -0.2) is 46.7 Å². The van der Waals surface area contributed by atoms with Crippen molar-refractivity contribution < 1.29 is 9.53 Å². The summed E-state index contributed by atoms with van der Waals surface area (Å²) < 4.78 is 7.30. The summed E-state index contributed by atoms with van der Waals surface area (Å²) in [4.78, 5) is 23.2. The van der Waals surface area contributed by atoms with E-state index in [2.05, 4.69) is 20.2 Å². The molecule has 4 rings (SSSR count). The Morgan fingerprint density at radius 3 is 2.57 bits per heavy atom. The van der Waals surface area contributed by atoms with Crippen LogP contribution in [0.5, 0.6) is 0 Å². The number of aromatic nitrogens is 3. The van der Waals surface area contributed by atoms with E-state index in [4.69, 9.17) is 4.74 Å². The van der Waals surface area contributed by atoms with Gasteiger partial charge in [-0.1, -0.05) is 12.1 Å². The topological polar surface area (TPSA) is 72.3 Å². The molecule has 7 nitrogen and oxygen atoms in total. The van der Waals surface area contributed by atoms with Gasteiger partial charge in [0.05, 0.1) is 31.1 Å². The lowest BCUT2D eigenvalue weighted by Crippen LogP contribution is -2.36. The summed E-state index contributed by atoms with van der Waals surface area (Å²) in [7, 11) is 0. The fourth-order valence-corrected chi connectivity index (χ4v) is 3.21. The van der Waals surface area contributed by atoms with Gasteiger partial charge in [0, 0.05) is 37.4 Å². The van der Waals surface area contributed by atoms with Crippen LogP contribution in [0.3, 0.4) is 0 Å². The molecule has 1 fully saturated rings. The molecule has 1 N–H and O–H groups in total. The summed E-state index contributed by atoms with van der Waals surface area (Å²) in [6, 6.07) is 11.7. The Morgan fingerprint density at radius 2 is 1.93 bits per heavy atom. The highest BCUT2D eigenvalue weighted by Crippen LogP contribution is 2.17.